The van der Waals surface area contributed by atoms with E-state index in [-0.39, 0.29) is 5.17 Å². The molecule has 2 aliphatic heterocycles. The Morgan fingerprint density at radius 1 is 1.47 bits per heavy atom. The van der Waals surface area contributed by atoms with Crippen LogP contribution in [0.15, 0.2) is 27.7 Å². The van der Waals surface area contributed by atoms with Gasteiger partial charge in [0.15, 0.2) is 10.8 Å². The molecular formula is C11H8BrN3O3S. The standard InChI is InChI=1S/C11H8BrN3O3S/c12-4-1-2-6-5(3-4)11(18,9(17)14-6)7-8(16)15-10(13)19-7/h1-3,7,18H,(H,14,17)(H2,13,15,16). The topological polar surface area (TPSA) is 105 Å². The number of aliphatic hydroxyl groups is 1. The van der Waals surface area contributed by atoms with Crippen molar-refractivity contribution >= 4 is 50.4 Å². The summed E-state index contributed by atoms with van der Waals surface area (Å²) < 4.78 is 0.700. The van der Waals surface area contributed by atoms with E-state index in [1.54, 1.807) is 18.2 Å². The molecule has 0 fully saturated rings. The maximum Gasteiger partial charge on any atom is 0.265 e. The Hall–Kier alpha value is -1.38. The number of rotatable bonds is 1. The highest BCUT2D eigenvalue weighted by Gasteiger charge is 2.56. The molecule has 2 amide bonds. The van der Waals surface area contributed by atoms with Crippen LogP contribution in [0.5, 0.6) is 0 Å². The molecule has 0 saturated carbocycles. The van der Waals surface area contributed by atoms with Crippen LogP contribution in [0.3, 0.4) is 0 Å². The van der Waals surface area contributed by atoms with Gasteiger partial charge < -0.3 is 16.2 Å². The number of carbonyl (C=O) groups excluding carboxylic acids is 2. The minimum Gasteiger partial charge on any atom is -0.378 e. The number of hydrogen-bond donors (Lipinski definition) is 3. The molecule has 0 bridgehead atoms. The Morgan fingerprint density at radius 2 is 2.21 bits per heavy atom. The molecule has 4 N–H and O–H groups in total. The number of anilines is 1. The SMILES string of the molecule is NC1=NC(=O)C(C2(O)C(=O)Nc3ccc(Br)cc32)S1. The summed E-state index contributed by atoms with van der Waals surface area (Å²) in [7, 11) is 0. The van der Waals surface area contributed by atoms with E-state index >= 15 is 0 Å². The molecule has 98 valence electrons. The van der Waals surface area contributed by atoms with Crippen molar-refractivity contribution < 1.29 is 14.7 Å². The maximum absolute atomic E-state index is 12.1. The maximum atomic E-state index is 12.1. The summed E-state index contributed by atoms with van der Waals surface area (Å²) >= 11 is 4.17. The molecule has 1 aromatic carbocycles. The van der Waals surface area contributed by atoms with Gasteiger partial charge in [-0.3, -0.25) is 9.59 Å². The quantitative estimate of drug-likeness (QED) is 0.691. The van der Waals surface area contributed by atoms with Crippen LogP contribution in [0.25, 0.3) is 0 Å². The molecule has 0 saturated heterocycles. The lowest BCUT2D eigenvalue weighted by molar-refractivity contribution is -0.138. The van der Waals surface area contributed by atoms with Crippen molar-refractivity contribution in [2.75, 3.05) is 5.32 Å². The van der Waals surface area contributed by atoms with Crippen molar-refractivity contribution in [2.24, 2.45) is 10.7 Å². The smallest absolute Gasteiger partial charge is 0.265 e. The summed E-state index contributed by atoms with van der Waals surface area (Å²) in [4.78, 5) is 27.4. The molecule has 0 radical (unpaired) electrons. The zero-order valence-electron chi connectivity index (χ0n) is 9.38. The predicted octanol–water partition coefficient (Wildman–Crippen LogP) is 0.546. The molecule has 0 aliphatic carbocycles. The van der Waals surface area contributed by atoms with Crippen LogP contribution in [0.1, 0.15) is 5.56 Å². The Balaban J connectivity index is 2.13. The van der Waals surface area contributed by atoms with E-state index in [0.717, 1.165) is 11.8 Å². The van der Waals surface area contributed by atoms with Gasteiger partial charge in [-0.1, -0.05) is 27.7 Å². The number of amidine groups is 1. The zero-order chi connectivity index (χ0) is 13.8. The van der Waals surface area contributed by atoms with Crippen molar-refractivity contribution in [1.29, 1.82) is 0 Å². The minimum atomic E-state index is -1.95. The third kappa shape index (κ3) is 1.71. The summed E-state index contributed by atoms with van der Waals surface area (Å²) in [5.41, 5.74) is 4.36. The van der Waals surface area contributed by atoms with E-state index in [0.29, 0.717) is 15.7 Å². The fourth-order valence-electron chi connectivity index (χ4n) is 2.17. The molecular weight excluding hydrogens is 334 g/mol. The van der Waals surface area contributed by atoms with E-state index in [4.69, 9.17) is 5.73 Å². The lowest BCUT2D eigenvalue weighted by Crippen LogP contribution is -2.46. The highest BCUT2D eigenvalue weighted by atomic mass is 79.9. The van der Waals surface area contributed by atoms with Gasteiger partial charge in [-0.15, -0.1) is 0 Å². The number of nitrogens with zero attached hydrogens (tertiary/aromatic N) is 1. The molecule has 2 atom stereocenters. The highest BCUT2D eigenvalue weighted by Crippen LogP contribution is 2.45. The van der Waals surface area contributed by atoms with Gasteiger partial charge in [0.05, 0.1) is 0 Å². The molecule has 8 heteroatoms. The van der Waals surface area contributed by atoms with Crippen molar-refractivity contribution in [3.05, 3.63) is 28.2 Å². The van der Waals surface area contributed by atoms with Crippen LogP contribution >= 0.6 is 27.7 Å². The number of fused-ring (bicyclic) bond motifs is 1. The number of thioether (sulfide) groups is 1. The molecule has 19 heavy (non-hydrogen) atoms. The zero-order valence-corrected chi connectivity index (χ0v) is 11.8. The Bertz CT molecular complexity index is 648. The van der Waals surface area contributed by atoms with E-state index in [2.05, 4.69) is 26.2 Å². The van der Waals surface area contributed by atoms with Crippen LogP contribution in [-0.2, 0) is 15.2 Å². The first-order valence-electron chi connectivity index (χ1n) is 5.31. The van der Waals surface area contributed by atoms with Crippen molar-refractivity contribution in [2.45, 2.75) is 10.9 Å². The van der Waals surface area contributed by atoms with Gasteiger partial charge in [0, 0.05) is 15.7 Å². The van der Waals surface area contributed by atoms with Crippen LogP contribution in [-0.4, -0.2) is 27.3 Å². The highest BCUT2D eigenvalue weighted by molar-refractivity contribution is 9.10. The number of carbonyl (C=O) groups is 2. The van der Waals surface area contributed by atoms with Crippen LogP contribution < -0.4 is 11.1 Å². The predicted molar refractivity (Wildman–Crippen MR) is 74.7 cm³/mol. The third-order valence-corrected chi connectivity index (χ3v) is 4.65. The number of halogens is 1. The normalized spacial score (nSPS) is 29.2. The van der Waals surface area contributed by atoms with Gasteiger partial charge in [0.1, 0.15) is 5.25 Å². The van der Waals surface area contributed by atoms with Gasteiger partial charge >= 0.3 is 0 Å². The molecule has 6 nitrogen and oxygen atoms in total. The van der Waals surface area contributed by atoms with E-state index in [1.807, 2.05) is 0 Å². The van der Waals surface area contributed by atoms with Gasteiger partial charge in [0.25, 0.3) is 11.8 Å². The summed E-state index contributed by atoms with van der Waals surface area (Å²) in [6.45, 7) is 0. The fraction of sp³-hybridized carbons (Fsp3) is 0.182. The van der Waals surface area contributed by atoms with Crippen molar-refractivity contribution in [1.82, 2.24) is 0 Å². The van der Waals surface area contributed by atoms with Gasteiger partial charge in [-0.2, -0.15) is 4.99 Å². The second-order valence-electron chi connectivity index (χ2n) is 4.20. The first-order valence-corrected chi connectivity index (χ1v) is 6.98. The number of aliphatic imine (C=N–C) groups is 1. The monoisotopic (exact) mass is 341 g/mol. The average molecular weight is 342 g/mol. The average Bonchev–Trinajstić information content (AvgIpc) is 2.80. The van der Waals surface area contributed by atoms with E-state index in [9.17, 15) is 14.7 Å². The Kier molecular flexibility index (Phi) is 2.70. The minimum absolute atomic E-state index is 0.0553. The second-order valence-corrected chi connectivity index (χ2v) is 6.24. The number of benzene rings is 1. The molecule has 2 aliphatic rings. The summed E-state index contributed by atoms with van der Waals surface area (Å²) in [6.07, 6.45) is 0. The van der Waals surface area contributed by atoms with Crippen molar-refractivity contribution in [3.63, 3.8) is 0 Å². The van der Waals surface area contributed by atoms with Gasteiger partial charge in [-0.25, -0.2) is 0 Å². The molecule has 0 aromatic heterocycles. The Morgan fingerprint density at radius 3 is 2.84 bits per heavy atom. The Labute approximate surface area is 120 Å². The summed E-state index contributed by atoms with van der Waals surface area (Å²) in [5.74, 6) is -1.25. The van der Waals surface area contributed by atoms with Crippen LogP contribution in [0, 0.1) is 0 Å². The second kappa shape index (κ2) is 4.06. The van der Waals surface area contributed by atoms with Crippen LogP contribution in [0.2, 0.25) is 0 Å². The molecule has 2 heterocycles. The lowest BCUT2D eigenvalue weighted by atomic mass is 9.91. The van der Waals surface area contributed by atoms with Crippen molar-refractivity contribution in [3.8, 4) is 0 Å². The first kappa shape index (κ1) is 12.6. The molecule has 0 spiro atoms. The molecule has 3 rings (SSSR count). The molecule has 2 unspecified atom stereocenters. The number of nitrogens with two attached hydrogens (primary N) is 1. The fourth-order valence-corrected chi connectivity index (χ4v) is 3.47. The number of hydrogen-bond acceptors (Lipinski definition) is 5. The first-order chi connectivity index (χ1) is 8.92. The van der Waals surface area contributed by atoms with E-state index in [1.165, 1.54) is 0 Å². The number of amides is 2. The lowest BCUT2D eigenvalue weighted by Gasteiger charge is -2.25. The largest absolute Gasteiger partial charge is 0.378 e. The molecule has 1 aromatic rings. The van der Waals surface area contributed by atoms with Gasteiger partial charge in [-0.05, 0) is 18.2 Å². The number of nitrogens with one attached hydrogen (secondary N) is 1. The van der Waals surface area contributed by atoms with Gasteiger partial charge in [0.2, 0.25) is 0 Å². The summed E-state index contributed by atoms with van der Waals surface area (Å²) in [5, 5.41) is 12.3. The van der Waals surface area contributed by atoms with E-state index < -0.39 is 22.7 Å². The van der Waals surface area contributed by atoms with Crippen LogP contribution in [0.4, 0.5) is 5.69 Å². The summed E-state index contributed by atoms with van der Waals surface area (Å²) in [6, 6.07) is 5.00. The third-order valence-electron chi connectivity index (χ3n) is 3.05.